The standard InChI is InChI=1S/C30H33Cl2N7O2/c1-18(29-23(31)14-33-15-24(29)32)41-21-7-9-26-22(12-21)30(37-39(26)28-4-2-3-11-40-28)25-8-10-27(36-35-25)38-16-20(17-38)34-13-19-5-6-19/h7-10,12,14-15,18-20,28,34H,2-6,11,13,16-17H2,1H3/t18-,28?/m1/s1. The summed E-state index contributed by atoms with van der Waals surface area (Å²) >= 11 is 12.8. The Kier molecular flexibility index (Phi) is 7.45. The van der Waals surface area contributed by atoms with Crippen LogP contribution in [0.2, 0.25) is 10.0 Å². The molecule has 1 aromatic carbocycles. The van der Waals surface area contributed by atoms with Crippen molar-refractivity contribution in [2.45, 2.75) is 57.4 Å². The molecule has 2 aliphatic heterocycles. The van der Waals surface area contributed by atoms with Crippen LogP contribution in [0.5, 0.6) is 5.75 Å². The number of hydrogen-bond acceptors (Lipinski definition) is 8. The minimum atomic E-state index is -0.381. The Labute approximate surface area is 249 Å². The first kappa shape index (κ1) is 26.9. The largest absolute Gasteiger partial charge is 0.486 e. The molecule has 1 unspecified atom stereocenters. The van der Waals surface area contributed by atoms with E-state index in [1.807, 2.05) is 41.9 Å². The molecule has 11 heteroatoms. The highest BCUT2D eigenvalue weighted by Crippen LogP contribution is 2.37. The number of aromatic nitrogens is 5. The highest BCUT2D eigenvalue weighted by atomic mass is 35.5. The summed E-state index contributed by atoms with van der Waals surface area (Å²) in [4.78, 5) is 6.31. The number of nitrogens with zero attached hydrogens (tertiary/aromatic N) is 6. The normalized spacial score (nSPS) is 20.3. The lowest BCUT2D eigenvalue weighted by Gasteiger charge is -2.40. The summed E-state index contributed by atoms with van der Waals surface area (Å²) in [5, 5.41) is 19.7. The molecule has 9 nitrogen and oxygen atoms in total. The molecule has 3 aromatic heterocycles. The number of ether oxygens (including phenoxy) is 2. The van der Waals surface area contributed by atoms with Crippen LogP contribution in [-0.2, 0) is 4.74 Å². The lowest BCUT2D eigenvalue weighted by molar-refractivity contribution is -0.0365. The molecular weight excluding hydrogens is 561 g/mol. The SMILES string of the molecule is C[C@@H](Oc1ccc2c(c1)c(-c1ccc(N3CC(NCC4CC4)C3)nn1)nn2C1CCCCO1)c1c(Cl)cncc1Cl. The van der Waals surface area contributed by atoms with E-state index in [9.17, 15) is 0 Å². The molecule has 2 atom stereocenters. The Bertz CT molecular complexity index is 1510. The fourth-order valence-electron chi connectivity index (χ4n) is 5.66. The van der Waals surface area contributed by atoms with E-state index in [0.717, 1.165) is 73.8 Å². The van der Waals surface area contributed by atoms with Crippen molar-refractivity contribution in [2.75, 3.05) is 31.1 Å². The van der Waals surface area contributed by atoms with E-state index >= 15 is 0 Å². The van der Waals surface area contributed by atoms with Gasteiger partial charge in [0, 0.05) is 49.1 Å². The van der Waals surface area contributed by atoms with Crippen LogP contribution in [0, 0.1) is 5.92 Å². The van der Waals surface area contributed by atoms with Crippen LogP contribution in [0.15, 0.2) is 42.7 Å². The van der Waals surface area contributed by atoms with Crippen LogP contribution >= 0.6 is 23.2 Å². The Balaban J connectivity index is 1.16. The van der Waals surface area contributed by atoms with Gasteiger partial charge in [0.2, 0.25) is 0 Å². The summed E-state index contributed by atoms with van der Waals surface area (Å²) in [5.74, 6) is 2.45. The first-order valence-electron chi connectivity index (χ1n) is 14.5. The molecule has 1 N–H and O–H groups in total. The van der Waals surface area contributed by atoms with Crippen LogP contribution < -0.4 is 15.0 Å². The number of halogens is 2. The molecule has 0 spiro atoms. The first-order valence-corrected chi connectivity index (χ1v) is 15.2. The molecule has 4 aromatic rings. The van der Waals surface area contributed by atoms with Crippen LogP contribution in [0.3, 0.4) is 0 Å². The van der Waals surface area contributed by atoms with Crippen molar-refractivity contribution in [3.05, 3.63) is 58.3 Å². The zero-order valence-electron chi connectivity index (χ0n) is 23.0. The molecule has 3 aliphatic rings. The monoisotopic (exact) mass is 593 g/mol. The van der Waals surface area contributed by atoms with Crippen molar-refractivity contribution in [2.24, 2.45) is 5.92 Å². The summed E-state index contributed by atoms with van der Waals surface area (Å²) in [7, 11) is 0. The number of hydrogen-bond donors (Lipinski definition) is 1. The second-order valence-corrected chi connectivity index (χ2v) is 12.1. The average Bonchev–Trinajstić information content (AvgIpc) is 3.71. The molecule has 214 valence electrons. The Morgan fingerprint density at radius 2 is 1.88 bits per heavy atom. The third kappa shape index (κ3) is 5.60. The maximum absolute atomic E-state index is 6.39. The molecule has 7 rings (SSSR count). The number of pyridine rings is 1. The van der Waals surface area contributed by atoms with E-state index in [1.54, 1.807) is 12.4 Å². The third-order valence-electron chi connectivity index (χ3n) is 8.21. The van der Waals surface area contributed by atoms with Gasteiger partial charge < -0.3 is 19.7 Å². The van der Waals surface area contributed by atoms with Crippen molar-refractivity contribution in [1.29, 1.82) is 0 Å². The highest BCUT2D eigenvalue weighted by Gasteiger charge is 2.30. The molecule has 0 bridgehead atoms. The van der Waals surface area contributed by atoms with Crippen LogP contribution in [-0.4, -0.2) is 57.2 Å². The van der Waals surface area contributed by atoms with Gasteiger partial charge in [0.25, 0.3) is 0 Å². The fourth-order valence-corrected chi connectivity index (χ4v) is 6.33. The molecule has 1 aliphatic carbocycles. The Hall–Kier alpha value is -2.98. The van der Waals surface area contributed by atoms with Crippen molar-refractivity contribution in [3.8, 4) is 17.1 Å². The highest BCUT2D eigenvalue weighted by molar-refractivity contribution is 6.35. The van der Waals surface area contributed by atoms with Crippen molar-refractivity contribution in [1.82, 2.24) is 30.3 Å². The molecule has 1 saturated carbocycles. The fraction of sp³-hybridized carbons (Fsp3) is 0.467. The predicted molar refractivity (Wildman–Crippen MR) is 160 cm³/mol. The van der Waals surface area contributed by atoms with E-state index in [4.69, 9.17) is 37.8 Å². The molecular formula is C30H33Cl2N7O2. The van der Waals surface area contributed by atoms with Gasteiger partial charge in [-0.05, 0) is 81.8 Å². The maximum atomic E-state index is 6.39. The molecule has 0 amide bonds. The van der Waals surface area contributed by atoms with Gasteiger partial charge in [-0.25, -0.2) is 4.68 Å². The van der Waals surface area contributed by atoms with E-state index in [-0.39, 0.29) is 12.3 Å². The zero-order chi connectivity index (χ0) is 27.9. The maximum Gasteiger partial charge on any atom is 0.151 e. The smallest absolute Gasteiger partial charge is 0.151 e. The lowest BCUT2D eigenvalue weighted by Crippen LogP contribution is -2.58. The van der Waals surface area contributed by atoms with Crippen LogP contribution in [0.25, 0.3) is 22.3 Å². The molecule has 5 heterocycles. The quantitative estimate of drug-likeness (QED) is 0.244. The summed E-state index contributed by atoms with van der Waals surface area (Å²) in [5.41, 5.74) is 3.12. The average molecular weight is 595 g/mol. The number of rotatable bonds is 9. The number of nitrogens with one attached hydrogen (secondary N) is 1. The van der Waals surface area contributed by atoms with Gasteiger partial charge in [-0.1, -0.05) is 23.2 Å². The van der Waals surface area contributed by atoms with Crippen LogP contribution in [0.1, 0.15) is 56.9 Å². The summed E-state index contributed by atoms with van der Waals surface area (Å²) in [6.07, 6.45) is 8.48. The Morgan fingerprint density at radius 1 is 1.05 bits per heavy atom. The van der Waals surface area contributed by atoms with Gasteiger partial charge in [-0.15, -0.1) is 10.2 Å². The van der Waals surface area contributed by atoms with E-state index in [1.165, 1.54) is 12.8 Å². The van der Waals surface area contributed by atoms with Crippen molar-refractivity contribution >= 4 is 39.9 Å². The first-order chi connectivity index (χ1) is 20.0. The third-order valence-corrected chi connectivity index (χ3v) is 8.81. The zero-order valence-corrected chi connectivity index (χ0v) is 24.5. The van der Waals surface area contributed by atoms with E-state index in [0.29, 0.717) is 33.1 Å². The summed E-state index contributed by atoms with van der Waals surface area (Å²) in [6, 6.07) is 10.5. The molecule has 2 saturated heterocycles. The second kappa shape index (κ2) is 11.4. The van der Waals surface area contributed by atoms with Crippen LogP contribution in [0.4, 0.5) is 5.82 Å². The van der Waals surface area contributed by atoms with Gasteiger partial charge in [-0.2, -0.15) is 5.10 Å². The van der Waals surface area contributed by atoms with Gasteiger partial charge in [-0.3, -0.25) is 4.98 Å². The number of fused-ring (bicyclic) bond motifs is 1. The number of anilines is 1. The topological polar surface area (TPSA) is 90.2 Å². The minimum Gasteiger partial charge on any atom is -0.486 e. The van der Waals surface area contributed by atoms with E-state index in [2.05, 4.69) is 25.4 Å². The predicted octanol–water partition coefficient (Wildman–Crippen LogP) is 6.22. The Morgan fingerprint density at radius 3 is 2.59 bits per heavy atom. The van der Waals surface area contributed by atoms with Gasteiger partial charge in [0.15, 0.2) is 12.0 Å². The van der Waals surface area contributed by atoms with Gasteiger partial charge >= 0.3 is 0 Å². The number of benzene rings is 1. The summed E-state index contributed by atoms with van der Waals surface area (Å²) < 4.78 is 14.4. The van der Waals surface area contributed by atoms with Crippen molar-refractivity contribution in [3.63, 3.8) is 0 Å². The molecule has 41 heavy (non-hydrogen) atoms. The van der Waals surface area contributed by atoms with Gasteiger partial charge in [0.05, 0.1) is 15.6 Å². The molecule has 3 fully saturated rings. The lowest BCUT2D eigenvalue weighted by atomic mass is 10.1. The minimum absolute atomic E-state index is 0.117. The summed E-state index contributed by atoms with van der Waals surface area (Å²) in [6.45, 7) is 5.71. The van der Waals surface area contributed by atoms with E-state index < -0.39 is 0 Å². The van der Waals surface area contributed by atoms with Gasteiger partial charge in [0.1, 0.15) is 23.2 Å². The second-order valence-electron chi connectivity index (χ2n) is 11.3. The van der Waals surface area contributed by atoms with Crippen molar-refractivity contribution < 1.29 is 9.47 Å². The molecule has 0 radical (unpaired) electrons.